The molecule has 0 aliphatic rings. The van der Waals surface area contributed by atoms with Gasteiger partial charge in [-0.3, -0.25) is 8.87 Å². The highest BCUT2D eigenvalue weighted by molar-refractivity contribution is 7.93. The molecule has 3 N–H and O–H groups in total. The smallest absolute Gasteiger partial charge is 0.407 e. The molecule has 2 aromatic heterocycles. The van der Waals surface area contributed by atoms with Crippen molar-refractivity contribution in [2.75, 3.05) is 22.7 Å². The van der Waals surface area contributed by atoms with Gasteiger partial charge in [-0.05, 0) is 68.7 Å². The standard InChI is InChI=1S/C31H36Cl2N6O6S/c1-30(2,3)27(28(40)41)39(46(43,44)23-15-20(32)14-21(33)16-23)22-7-8-24-19(13-22)9-12-38(24)26-18-36-25(17-37-26)34-10-11-35-29(42)45-31(4,5)6/h7-9,12-18,27H,10-11H2,1-6H3,(H,34,36)(H,35,42)(H,40,41). The molecule has 0 spiro atoms. The molecule has 0 aliphatic carbocycles. The largest absolute Gasteiger partial charge is 0.480 e. The number of benzene rings is 2. The maximum Gasteiger partial charge on any atom is 0.407 e. The van der Waals surface area contributed by atoms with Crippen LogP contribution in [0.15, 0.2) is 66.0 Å². The van der Waals surface area contributed by atoms with Gasteiger partial charge in [0.25, 0.3) is 10.0 Å². The summed E-state index contributed by atoms with van der Waals surface area (Å²) in [7, 11) is -4.45. The zero-order valence-corrected chi connectivity index (χ0v) is 28.5. The van der Waals surface area contributed by atoms with Crippen LogP contribution in [-0.2, 0) is 19.6 Å². The minimum atomic E-state index is -4.45. The van der Waals surface area contributed by atoms with E-state index in [2.05, 4.69) is 20.6 Å². The molecule has 1 atom stereocenters. The van der Waals surface area contributed by atoms with Gasteiger partial charge in [0.1, 0.15) is 17.5 Å². The second-order valence-electron chi connectivity index (χ2n) is 12.6. The molecule has 1 amide bonds. The van der Waals surface area contributed by atoms with Crippen molar-refractivity contribution in [3.8, 4) is 5.82 Å². The lowest BCUT2D eigenvalue weighted by Crippen LogP contribution is -2.52. The first-order valence-corrected chi connectivity index (χ1v) is 16.4. The van der Waals surface area contributed by atoms with Crippen molar-refractivity contribution in [2.45, 2.75) is 58.1 Å². The minimum Gasteiger partial charge on any atom is -0.480 e. The minimum absolute atomic E-state index is 0.0981. The van der Waals surface area contributed by atoms with E-state index in [4.69, 9.17) is 27.9 Å². The van der Waals surface area contributed by atoms with Crippen molar-refractivity contribution in [1.82, 2.24) is 19.9 Å². The van der Waals surface area contributed by atoms with E-state index >= 15 is 0 Å². The van der Waals surface area contributed by atoms with E-state index in [1.54, 1.807) is 89.0 Å². The summed E-state index contributed by atoms with van der Waals surface area (Å²) in [5.41, 5.74) is -0.751. The number of anilines is 2. The van der Waals surface area contributed by atoms with Crippen LogP contribution in [0.25, 0.3) is 16.7 Å². The number of ether oxygens (including phenoxy) is 1. The van der Waals surface area contributed by atoms with Crippen molar-refractivity contribution >= 4 is 67.7 Å². The molecule has 15 heteroatoms. The summed E-state index contributed by atoms with van der Waals surface area (Å²) < 4.78 is 36.1. The zero-order valence-electron chi connectivity index (χ0n) is 26.2. The molecule has 2 aromatic carbocycles. The van der Waals surface area contributed by atoms with Crippen LogP contribution in [0.2, 0.25) is 10.0 Å². The van der Waals surface area contributed by atoms with Crippen LogP contribution in [0.1, 0.15) is 41.5 Å². The molecule has 12 nitrogen and oxygen atoms in total. The molecule has 2 heterocycles. The molecule has 0 aliphatic heterocycles. The number of aliphatic carboxylic acids is 1. The fourth-order valence-corrected chi connectivity index (χ4v) is 7.22. The van der Waals surface area contributed by atoms with Crippen LogP contribution in [-0.4, -0.2) is 64.9 Å². The van der Waals surface area contributed by atoms with E-state index < -0.39 is 39.1 Å². The molecule has 0 bridgehead atoms. The summed E-state index contributed by atoms with van der Waals surface area (Å²) in [5.74, 6) is -0.319. The number of nitrogens with one attached hydrogen (secondary N) is 2. The van der Waals surface area contributed by atoms with E-state index in [-0.39, 0.29) is 20.6 Å². The van der Waals surface area contributed by atoms with Crippen molar-refractivity contribution in [3.63, 3.8) is 0 Å². The van der Waals surface area contributed by atoms with E-state index in [0.29, 0.717) is 35.6 Å². The van der Waals surface area contributed by atoms with Crippen LogP contribution in [0.5, 0.6) is 0 Å². The topological polar surface area (TPSA) is 156 Å². The number of hydrogen-bond donors (Lipinski definition) is 3. The highest BCUT2D eigenvalue weighted by Crippen LogP contribution is 2.37. The van der Waals surface area contributed by atoms with Gasteiger partial charge in [-0.1, -0.05) is 44.0 Å². The molecule has 4 rings (SSSR count). The summed E-state index contributed by atoms with van der Waals surface area (Å²) in [6.07, 6.45) is 4.36. The predicted molar refractivity (Wildman–Crippen MR) is 179 cm³/mol. The Hall–Kier alpha value is -4.07. The number of alkyl carbamates (subject to hydrolysis) is 1. The van der Waals surface area contributed by atoms with E-state index in [9.17, 15) is 23.1 Å². The summed E-state index contributed by atoms with van der Waals surface area (Å²) >= 11 is 12.3. The normalized spacial score (nSPS) is 12.9. The van der Waals surface area contributed by atoms with Crippen molar-refractivity contribution in [2.24, 2.45) is 5.41 Å². The number of carboxylic acid groups (broad SMARTS) is 1. The first-order valence-electron chi connectivity index (χ1n) is 14.2. The summed E-state index contributed by atoms with van der Waals surface area (Å²) in [5, 5.41) is 16.8. The quantitative estimate of drug-likeness (QED) is 0.161. The average Bonchev–Trinajstić information content (AvgIpc) is 3.35. The number of amides is 1. The van der Waals surface area contributed by atoms with Gasteiger partial charge in [-0.25, -0.2) is 28.0 Å². The van der Waals surface area contributed by atoms with Gasteiger partial charge in [-0.2, -0.15) is 0 Å². The Morgan fingerprint density at radius 1 is 0.978 bits per heavy atom. The van der Waals surface area contributed by atoms with Gasteiger partial charge < -0.3 is 20.5 Å². The molecular weight excluding hydrogens is 655 g/mol. The maximum absolute atomic E-state index is 14.1. The molecule has 1 unspecified atom stereocenters. The molecule has 0 saturated carbocycles. The maximum atomic E-state index is 14.1. The molecule has 0 saturated heterocycles. The van der Waals surface area contributed by atoms with Crippen LogP contribution in [0.3, 0.4) is 0 Å². The van der Waals surface area contributed by atoms with Crippen molar-refractivity contribution in [3.05, 3.63) is 71.1 Å². The summed E-state index contributed by atoms with van der Waals surface area (Å²) in [6, 6.07) is 9.01. The SMILES string of the molecule is CC(C)(C)OC(=O)NCCNc1cnc(-n2ccc3cc(N(C(C(=O)O)C(C)(C)C)S(=O)(=O)c4cc(Cl)cc(Cl)c4)ccc32)cn1. The predicted octanol–water partition coefficient (Wildman–Crippen LogP) is 6.36. The van der Waals surface area contributed by atoms with Gasteiger partial charge in [0.15, 0.2) is 5.82 Å². The third-order valence-corrected chi connectivity index (χ3v) is 8.80. The third kappa shape index (κ3) is 8.20. The Balaban J connectivity index is 1.62. The second-order valence-corrected chi connectivity index (χ2v) is 15.2. The molecule has 4 aromatic rings. The fourth-order valence-electron chi connectivity index (χ4n) is 4.71. The summed E-state index contributed by atoms with van der Waals surface area (Å²) in [4.78, 5) is 33.1. The fraction of sp³-hybridized carbons (Fsp3) is 0.355. The Bertz CT molecular complexity index is 1830. The molecule has 46 heavy (non-hydrogen) atoms. The second kappa shape index (κ2) is 13.3. The van der Waals surface area contributed by atoms with Crippen molar-refractivity contribution in [1.29, 1.82) is 0 Å². The number of rotatable bonds is 10. The first-order chi connectivity index (χ1) is 21.4. The molecule has 246 valence electrons. The number of halogens is 2. The number of hydrogen-bond acceptors (Lipinski definition) is 8. The lowest BCUT2D eigenvalue weighted by molar-refractivity contribution is -0.140. The Kier molecular flexibility index (Phi) is 10.1. The Labute approximate surface area is 277 Å². The van der Waals surface area contributed by atoms with E-state index in [1.165, 1.54) is 18.2 Å². The summed E-state index contributed by atoms with van der Waals surface area (Å²) in [6.45, 7) is 11.0. The van der Waals surface area contributed by atoms with E-state index in [0.717, 1.165) is 4.31 Å². The highest BCUT2D eigenvalue weighted by Gasteiger charge is 2.43. The third-order valence-electron chi connectivity index (χ3n) is 6.59. The number of carbonyl (C=O) groups is 2. The highest BCUT2D eigenvalue weighted by atomic mass is 35.5. The zero-order chi connectivity index (χ0) is 34.0. The van der Waals surface area contributed by atoms with E-state index in [1.807, 2.05) is 0 Å². The van der Waals surface area contributed by atoms with Gasteiger partial charge in [-0.15, -0.1) is 0 Å². The first kappa shape index (κ1) is 34.8. The Morgan fingerprint density at radius 2 is 1.65 bits per heavy atom. The number of aromatic nitrogens is 3. The average molecular weight is 692 g/mol. The van der Waals surface area contributed by atoms with Gasteiger partial charge in [0.05, 0.1) is 28.5 Å². The van der Waals surface area contributed by atoms with Crippen LogP contribution in [0.4, 0.5) is 16.3 Å². The van der Waals surface area contributed by atoms with Crippen LogP contribution in [0, 0.1) is 5.41 Å². The molecule has 0 radical (unpaired) electrons. The number of sulfonamides is 1. The lowest BCUT2D eigenvalue weighted by atomic mass is 9.86. The van der Waals surface area contributed by atoms with Gasteiger partial charge >= 0.3 is 12.1 Å². The molecule has 0 fully saturated rings. The van der Waals surface area contributed by atoms with Crippen LogP contribution < -0.4 is 14.9 Å². The monoisotopic (exact) mass is 690 g/mol. The lowest BCUT2D eigenvalue weighted by Gasteiger charge is -2.37. The van der Waals surface area contributed by atoms with Gasteiger partial charge in [0, 0.05) is 34.7 Å². The molecular formula is C31H36Cl2N6O6S. The number of fused-ring (bicyclic) bond motifs is 1. The van der Waals surface area contributed by atoms with Crippen LogP contribution >= 0.6 is 23.2 Å². The Morgan fingerprint density at radius 3 is 2.22 bits per heavy atom. The van der Waals surface area contributed by atoms with Crippen molar-refractivity contribution < 1.29 is 27.9 Å². The number of nitrogens with zero attached hydrogens (tertiary/aromatic N) is 4. The number of carboxylic acids is 1. The number of carbonyl (C=O) groups excluding carboxylic acids is 1. The van der Waals surface area contributed by atoms with Gasteiger partial charge in [0.2, 0.25) is 0 Å².